The Bertz CT molecular complexity index is 1000. The molecule has 1 amide bonds. The summed E-state index contributed by atoms with van der Waals surface area (Å²) in [4.78, 5) is 33.0. The largest absolute Gasteiger partial charge is 0.495 e. The number of hydrogen-bond donors (Lipinski definition) is 2. The molecule has 1 fully saturated rings. The highest BCUT2D eigenvalue weighted by Crippen LogP contribution is 2.36. The van der Waals surface area contributed by atoms with E-state index in [9.17, 15) is 9.59 Å². The summed E-state index contributed by atoms with van der Waals surface area (Å²) in [6.07, 6.45) is 7.39. The normalized spacial score (nSPS) is 17.8. The van der Waals surface area contributed by atoms with Crippen LogP contribution in [0, 0.1) is 11.8 Å². The van der Waals surface area contributed by atoms with Gasteiger partial charge in [0.1, 0.15) is 11.5 Å². The Hall–Kier alpha value is -2.71. The number of Topliss-reactive ketones (excluding diaryl/α,β-unsaturated/α-hetero) is 1. The van der Waals surface area contributed by atoms with Crippen LogP contribution in [0.1, 0.15) is 55.1 Å². The van der Waals surface area contributed by atoms with Crippen molar-refractivity contribution in [3.8, 4) is 5.75 Å². The molecule has 0 radical (unpaired) electrons. The number of rotatable bonds is 11. The van der Waals surface area contributed by atoms with Gasteiger partial charge in [-0.3, -0.25) is 4.79 Å². The summed E-state index contributed by atoms with van der Waals surface area (Å²) < 4.78 is 10.4. The second-order valence-electron chi connectivity index (χ2n) is 8.69. The quantitative estimate of drug-likeness (QED) is 0.446. The molecule has 0 saturated heterocycles. The molecule has 2 N–H and O–H groups in total. The van der Waals surface area contributed by atoms with Crippen molar-refractivity contribution in [1.82, 2.24) is 15.3 Å². The van der Waals surface area contributed by atoms with E-state index in [0.717, 1.165) is 25.0 Å². The molecule has 8 nitrogen and oxygen atoms in total. The summed E-state index contributed by atoms with van der Waals surface area (Å²) in [5.41, 5.74) is 1.88. The number of nitrogens with zero attached hydrogens (tertiary/aromatic N) is 2. The number of ketones is 1. The highest BCUT2D eigenvalue weighted by molar-refractivity contribution is 6.31. The minimum Gasteiger partial charge on any atom is -0.495 e. The van der Waals surface area contributed by atoms with E-state index >= 15 is 0 Å². The molecule has 1 aliphatic carbocycles. The standard InChI is InChI=1S/C25H33ClN4O4/c1-16(31)12-17-6-4-5-7-18(17)13-22-20(26)15-28-25(30-22)29-21-9-8-19(14-23(21)34-3)24(32)27-10-11-33-2/h8-9,14-15,17-18H,4-7,10-13H2,1-3H3,(H,27,32)(H,28,29,30)/t17-,18-/m0/s1. The van der Waals surface area contributed by atoms with Gasteiger partial charge in [-0.1, -0.05) is 24.4 Å². The molecule has 0 bridgehead atoms. The van der Waals surface area contributed by atoms with Crippen LogP contribution in [0.25, 0.3) is 0 Å². The van der Waals surface area contributed by atoms with Crippen molar-refractivity contribution < 1.29 is 19.1 Å². The molecular formula is C25H33ClN4O4. The van der Waals surface area contributed by atoms with Crippen molar-refractivity contribution in [3.63, 3.8) is 0 Å². The van der Waals surface area contributed by atoms with Crippen molar-refractivity contribution in [1.29, 1.82) is 0 Å². The average Bonchev–Trinajstić information content (AvgIpc) is 2.82. The molecule has 1 heterocycles. The highest BCUT2D eigenvalue weighted by Gasteiger charge is 2.27. The van der Waals surface area contributed by atoms with Crippen molar-refractivity contribution in [2.45, 2.75) is 45.4 Å². The van der Waals surface area contributed by atoms with Crippen molar-refractivity contribution in [2.24, 2.45) is 11.8 Å². The van der Waals surface area contributed by atoms with E-state index in [2.05, 4.69) is 20.6 Å². The smallest absolute Gasteiger partial charge is 0.251 e. The molecule has 0 unspecified atom stereocenters. The zero-order valence-corrected chi connectivity index (χ0v) is 20.8. The highest BCUT2D eigenvalue weighted by atomic mass is 35.5. The fourth-order valence-corrected chi connectivity index (χ4v) is 4.64. The van der Waals surface area contributed by atoms with Crippen LogP contribution in [0.2, 0.25) is 5.02 Å². The molecule has 0 aliphatic heterocycles. The first-order valence-corrected chi connectivity index (χ1v) is 12.0. The maximum atomic E-state index is 12.3. The van der Waals surface area contributed by atoms with Crippen molar-refractivity contribution >= 4 is 34.9 Å². The molecular weight excluding hydrogens is 456 g/mol. The lowest BCUT2D eigenvalue weighted by molar-refractivity contribution is -0.118. The minimum atomic E-state index is -0.209. The molecule has 184 valence electrons. The first kappa shape index (κ1) is 25.9. The van der Waals surface area contributed by atoms with Gasteiger partial charge in [0.05, 0.1) is 36.3 Å². The summed E-state index contributed by atoms with van der Waals surface area (Å²) >= 11 is 6.44. The lowest BCUT2D eigenvalue weighted by Gasteiger charge is -2.31. The Labute approximate surface area is 205 Å². The molecule has 2 aromatic rings. The number of benzene rings is 1. The van der Waals surface area contributed by atoms with E-state index in [-0.39, 0.29) is 11.7 Å². The van der Waals surface area contributed by atoms with Crippen molar-refractivity contribution in [2.75, 3.05) is 32.7 Å². The van der Waals surface area contributed by atoms with E-state index in [1.54, 1.807) is 45.5 Å². The summed E-state index contributed by atoms with van der Waals surface area (Å²) in [6.45, 7) is 2.52. The second kappa shape index (κ2) is 12.7. The molecule has 2 atom stereocenters. The number of carbonyl (C=O) groups is 2. The van der Waals surface area contributed by atoms with Gasteiger partial charge in [0.25, 0.3) is 5.91 Å². The lowest BCUT2D eigenvalue weighted by atomic mass is 9.75. The van der Waals surface area contributed by atoms with Gasteiger partial charge in [0.2, 0.25) is 5.95 Å². The first-order chi connectivity index (χ1) is 16.4. The number of halogens is 1. The van der Waals surface area contributed by atoms with Crippen LogP contribution in [0.4, 0.5) is 11.6 Å². The molecule has 0 spiro atoms. The predicted molar refractivity (Wildman–Crippen MR) is 132 cm³/mol. The Balaban J connectivity index is 1.74. The molecule has 1 aliphatic rings. The van der Waals surface area contributed by atoms with Crippen molar-refractivity contribution in [3.05, 3.63) is 40.7 Å². The monoisotopic (exact) mass is 488 g/mol. The summed E-state index contributed by atoms with van der Waals surface area (Å²) in [6, 6.07) is 5.12. The maximum Gasteiger partial charge on any atom is 0.251 e. The summed E-state index contributed by atoms with van der Waals surface area (Å²) in [5, 5.41) is 6.49. The molecule has 3 rings (SSSR count). The van der Waals surface area contributed by atoms with E-state index in [0.29, 0.717) is 65.8 Å². The number of aromatic nitrogens is 2. The van der Waals surface area contributed by atoms with Gasteiger partial charge in [0, 0.05) is 25.6 Å². The topological polar surface area (TPSA) is 102 Å². The van der Waals surface area contributed by atoms with Crippen LogP contribution in [-0.4, -0.2) is 49.0 Å². The zero-order valence-electron chi connectivity index (χ0n) is 20.0. The van der Waals surface area contributed by atoms with Crippen LogP contribution < -0.4 is 15.4 Å². The number of anilines is 2. The van der Waals surface area contributed by atoms with E-state index in [1.807, 2.05) is 0 Å². The van der Waals surface area contributed by atoms with Gasteiger partial charge in [-0.2, -0.15) is 0 Å². The van der Waals surface area contributed by atoms with Gasteiger partial charge in [-0.15, -0.1) is 0 Å². The Morgan fingerprint density at radius 3 is 2.65 bits per heavy atom. The predicted octanol–water partition coefficient (Wildman–Crippen LogP) is 4.59. The third-order valence-corrected chi connectivity index (χ3v) is 6.51. The second-order valence-corrected chi connectivity index (χ2v) is 9.10. The number of methoxy groups -OCH3 is 2. The molecule has 9 heteroatoms. The molecule has 1 saturated carbocycles. The van der Waals surface area contributed by atoms with Gasteiger partial charge in [0.15, 0.2) is 0 Å². The van der Waals surface area contributed by atoms with Crippen LogP contribution >= 0.6 is 11.6 Å². The number of nitrogens with one attached hydrogen (secondary N) is 2. The summed E-state index contributed by atoms with van der Waals surface area (Å²) in [7, 11) is 3.12. The Morgan fingerprint density at radius 1 is 1.18 bits per heavy atom. The molecule has 1 aromatic heterocycles. The van der Waals surface area contributed by atoms with Crippen LogP contribution in [0.5, 0.6) is 5.75 Å². The number of amides is 1. The minimum absolute atomic E-state index is 0.209. The fourth-order valence-electron chi connectivity index (χ4n) is 4.47. The maximum absolute atomic E-state index is 12.3. The molecule has 1 aromatic carbocycles. The van der Waals surface area contributed by atoms with Gasteiger partial charge in [-0.05, 0) is 56.2 Å². The number of carbonyl (C=O) groups excluding carboxylic acids is 2. The van der Waals surface area contributed by atoms with E-state index in [4.69, 9.17) is 21.1 Å². The fraction of sp³-hybridized carbons (Fsp3) is 0.520. The van der Waals surface area contributed by atoms with Crippen LogP contribution in [-0.2, 0) is 16.0 Å². The third-order valence-electron chi connectivity index (χ3n) is 6.19. The number of ether oxygens (including phenoxy) is 2. The SMILES string of the molecule is COCCNC(=O)c1ccc(Nc2ncc(Cl)c(C[C@@H]3CCCC[C@H]3CC(C)=O)n2)c(OC)c1. The summed E-state index contributed by atoms with van der Waals surface area (Å²) in [5.74, 6) is 1.66. The van der Waals surface area contributed by atoms with Gasteiger partial charge in [-0.25, -0.2) is 9.97 Å². The van der Waals surface area contributed by atoms with Crippen LogP contribution in [0.3, 0.4) is 0 Å². The third kappa shape index (κ3) is 7.14. The first-order valence-electron chi connectivity index (χ1n) is 11.6. The number of hydrogen-bond acceptors (Lipinski definition) is 7. The zero-order chi connectivity index (χ0) is 24.5. The van der Waals surface area contributed by atoms with E-state index in [1.165, 1.54) is 6.42 Å². The Kier molecular flexibility index (Phi) is 9.65. The average molecular weight is 489 g/mol. The lowest BCUT2D eigenvalue weighted by Crippen LogP contribution is -2.26. The van der Waals surface area contributed by atoms with Gasteiger partial charge < -0.3 is 24.9 Å². The van der Waals surface area contributed by atoms with E-state index < -0.39 is 0 Å². The van der Waals surface area contributed by atoms with Crippen LogP contribution in [0.15, 0.2) is 24.4 Å². The molecule has 34 heavy (non-hydrogen) atoms. The van der Waals surface area contributed by atoms with Gasteiger partial charge >= 0.3 is 0 Å². The Morgan fingerprint density at radius 2 is 1.94 bits per heavy atom.